The number of nitrogens with two attached hydrogens (primary N) is 1. The number of nitrogens with zero attached hydrogens (tertiary/aromatic N) is 3. The highest BCUT2D eigenvalue weighted by atomic mass is 15.1. The smallest absolute Gasteiger partial charge is 0.111 e. The minimum absolute atomic E-state index is 0.178. The van der Waals surface area contributed by atoms with Crippen LogP contribution in [0.1, 0.15) is 39.1 Å². The van der Waals surface area contributed by atoms with Crippen molar-refractivity contribution in [3.05, 3.63) is 24.3 Å². The molecule has 2 rings (SSSR count). The molecule has 0 bridgehead atoms. The molecular weight excluding hydrogens is 212 g/mol. The molecule has 2 N–H and O–H groups in total. The van der Waals surface area contributed by atoms with Gasteiger partial charge in [0.25, 0.3) is 0 Å². The number of fused-ring (bicyclic) bond motifs is 1. The molecule has 4 nitrogen and oxygen atoms in total. The van der Waals surface area contributed by atoms with Crippen molar-refractivity contribution < 1.29 is 0 Å². The van der Waals surface area contributed by atoms with Crippen LogP contribution in [0.3, 0.4) is 0 Å². The van der Waals surface area contributed by atoms with E-state index in [1.54, 1.807) is 0 Å². The molecule has 0 aliphatic heterocycles. The summed E-state index contributed by atoms with van der Waals surface area (Å²) in [4.78, 5) is 8.76. The van der Waals surface area contributed by atoms with E-state index in [1.165, 1.54) is 0 Å². The number of aromatic nitrogens is 3. The van der Waals surface area contributed by atoms with Crippen molar-refractivity contribution in [2.45, 2.75) is 45.7 Å². The third kappa shape index (κ3) is 2.31. The van der Waals surface area contributed by atoms with E-state index in [4.69, 9.17) is 5.73 Å². The lowest BCUT2D eigenvalue weighted by molar-refractivity contribution is 0.547. The molecule has 4 heteroatoms. The molecule has 0 aromatic carbocycles. The second-order valence-corrected chi connectivity index (χ2v) is 4.73. The lowest BCUT2D eigenvalue weighted by Crippen LogP contribution is -2.24. The molecule has 0 saturated carbocycles. The van der Waals surface area contributed by atoms with E-state index in [0.717, 1.165) is 29.7 Å². The molecule has 2 aromatic rings. The van der Waals surface area contributed by atoms with Gasteiger partial charge in [-0.1, -0.05) is 6.92 Å². The van der Waals surface area contributed by atoms with E-state index in [2.05, 4.69) is 35.3 Å². The number of hydrogen-bond acceptors (Lipinski definition) is 3. The maximum atomic E-state index is 6.03. The van der Waals surface area contributed by atoms with Crippen LogP contribution in [0.25, 0.3) is 11.0 Å². The zero-order valence-electron chi connectivity index (χ0n) is 10.7. The predicted molar refractivity (Wildman–Crippen MR) is 69.9 cm³/mol. The highest BCUT2D eigenvalue weighted by Crippen LogP contribution is 2.21. The molecule has 0 amide bonds. The fourth-order valence-corrected chi connectivity index (χ4v) is 2.10. The Morgan fingerprint density at radius 3 is 2.82 bits per heavy atom. The van der Waals surface area contributed by atoms with Crippen LogP contribution in [-0.2, 0) is 6.42 Å². The molecule has 0 saturated heterocycles. The lowest BCUT2D eigenvalue weighted by Gasteiger charge is -2.15. The van der Waals surface area contributed by atoms with Crippen LogP contribution < -0.4 is 5.73 Å². The van der Waals surface area contributed by atoms with Gasteiger partial charge in [-0.3, -0.25) is 4.98 Å². The van der Waals surface area contributed by atoms with Crippen molar-refractivity contribution in [2.75, 3.05) is 0 Å². The third-order valence-corrected chi connectivity index (χ3v) is 3.05. The van der Waals surface area contributed by atoms with Crippen molar-refractivity contribution in [2.24, 2.45) is 5.73 Å². The molecule has 1 unspecified atom stereocenters. The highest BCUT2D eigenvalue weighted by molar-refractivity contribution is 5.74. The molecular formula is C13H20N4. The molecule has 0 radical (unpaired) electrons. The van der Waals surface area contributed by atoms with Crippen LogP contribution >= 0.6 is 0 Å². The quantitative estimate of drug-likeness (QED) is 0.880. The van der Waals surface area contributed by atoms with E-state index < -0.39 is 0 Å². The Balaban J connectivity index is 2.50. The number of imidazole rings is 1. The first-order valence-electron chi connectivity index (χ1n) is 6.19. The molecule has 0 aliphatic rings. The van der Waals surface area contributed by atoms with Crippen LogP contribution in [-0.4, -0.2) is 20.6 Å². The van der Waals surface area contributed by atoms with Crippen molar-refractivity contribution in [3.8, 4) is 0 Å². The Morgan fingerprint density at radius 2 is 2.18 bits per heavy atom. The van der Waals surface area contributed by atoms with Gasteiger partial charge in [0.05, 0.1) is 11.7 Å². The summed E-state index contributed by atoms with van der Waals surface area (Å²) in [6.45, 7) is 6.44. The second-order valence-electron chi connectivity index (χ2n) is 4.73. The molecule has 2 heterocycles. The molecule has 1 atom stereocenters. The minimum Gasteiger partial charge on any atom is -0.327 e. The third-order valence-electron chi connectivity index (χ3n) is 3.05. The van der Waals surface area contributed by atoms with Crippen LogP contribution in [0, 0.1) is 0 Å². The Morgan fingerprint density at radius 1 is 1.41 bits per heavy atom. The Kier molecular flexibility index (Phi) is 3.43. The SMILES string of the molecule is CCC(N)Cc1nc2cnccc2n1C(C)C. The van der Waals surface area contributed by atoms with Gasteiger partial charge in [-0.2, -0.15) is 0 Å². The topological polar surface area (TPSA) is 56.7 Å². The van der Waals surface area contributed by atoms with E-state index in [0.29, 0.717) is 6.04 Å². The fraction of sp³-hybridized carbons (Fsp3) is 0.538. The molecule has 0 spiro atoms. The maximum Gasteiger partial charge on any atom is 0.111 e. The first-order chi connectivity index (χ1) is 8.13. The average Bonchev–Trinajstić information content (AvgIpc) is 2.66. The fourth-order valence-electron chi connectivity index (χ4n) is 2.10. The van der Waals surface area contributed by atoms with Crippen LogP contribution in [0.5, 0.6) is 0 Å². The first kappa shape index (κ1) is 12.0. The van der Waals surface area contributed by atoms with Gasteiger partial charge in [-0.15, -0.1) is 0 Å². The minimum atomic E-state index is 0.178. The molecule has 0 fully saturated rings. The van der Waals surface area contributed by atoms with Crippen LogP contribution in [0.2, 0.25) is 0 Å². The first-order valence-corrected chi connectivity index (χ1v) is 6.19. The Labute approximate surface area is 102 Å². The normalized spacial score (nSPS) is 13.5. The van der Waals surface area contributed by atoms with Crippen molar-refractivity contribution >= 4 is 11.0 Å². The number of hydrogen-bond donors (Lipinski definition) is 1. The lowest BCUT2D eigenvalue weighted by atomic mass is 10.1. The monoisotopic (exact) mass is 232 g/mol. The summed E-state index contributed by atoms with van der Waals surface area (Å²) >= 11 is 0. The number of rotatable bonds is 4. The van der Waals surface area contributed by atoms with Crippen molar-refractivity contribution in [1.82, 2.24) is 14.5 Å². The van der Waals surface area contributed by atoms with Crippen molar-refractivity contribution in [1.29, 1.82) is 0 Å². The van der Waals surface area contributed by atoms with E-state index >= 15 is 0 Å². The predicted octanol–water partition coefficient (Wildman–Crippen LogP) is 2.29. The summed E-state index contributed by atoms with van der Waals surface area (Å²) in [5, 5.41) is 0. The Hall–Kier alpha value is -1.42. The maximum absolute atomic E-state index is 6.03. The van der Waals surface area contributed by atoms with E-state index in [9.17, 15) is 0 Å². The summed E-state index contributed by atoms with van der Waals surface area (Å²) in [5.41, 5.74) is 8.13. The summed E-state index contributed by atoms with van der Waals surface area (Å²) in [6.07, 6.45) is 5.42. The van der Waals surface area contributed by atoms with Crippen molar-refractivity contribution in [3.63, 3.8) is 0 Å². The summed E-state index contributed by atoms with van der Waals surface area (Å²) < 4.78 is 2.26. The van der Waals surface area contributed by atoms with Crippen LogP contribution in [0.4, 0.5) is 0 Å². The van der Waals surface area contributed by atoms with E-state index in [-0.39, 0.29) is 6.04 Å². The molecule has 0 aliphatic carbocycles. The summed E-state index contributed by atoms with van der Waals surface area (Å²) in [7, 11) is 0. The molecule has 2 aromatic heterocycles. The molecule has 17 heavy (non-hydrogen) atoms. The highest BCUT2D eigenvalue weighted by Gasteiger charge is 2.14. The van der Waals surface area contributed by atoms with Crippen LogP contribution in [0.15, 0.2) is 18.5 Å². The van der Waals surface area contributed by atoms with Gasteiger partial charge in [0.15, 0.2) is 0 Å². The zero-order chi connectivity index (χ0) is 12.4. The number of pyridine rings is 1. The largest absolute Gasteiger partial charge is 0.327 e. The molecule has 92 valence electrons. The van der Waals surface area contributed by atoms with Gasteiger partial charge in [0, 0.05) is 24.7 Å². The average molecular weight is 232 g/mol. The van der Waals surface area contributed by atoms with Gasteiger partial charge >= 0.3 is 0 Å². The van der Waals surface area contributed by atoms with Gasteiger partial charge in [0.2, 0.25) is 0 Å². The van der Waals surface area contributed by atoms with Gasteiger partial charge in [-0.25, -0.2) is 4.98 Å². The standard InChI is InChI=1S/C13H20N4/c1-4-10(14)7-13-16-11-8-15-6-5-12(11)17(13)9(2)3/h5-6,8-10H,4,7,14H2,1-3H3. The summed E-state index contributed by atoms with van der Waals surface area (Å²) in [6, 6.07) is 2.59. The Bertz CT molecular complexity index is 501. The van der Waals surface area contributed by atoms with Gasteiger partial charge in [0.1, 0.15) is 11.3 Å². The zero-order valence-corrected chi connectivity index (χ0v) is 10.7. The summed E-state index contributed by atoms with van der Waals surface area (Å²) in [5.74, 6) is 1.07. The second kappa shape index (κ2) is 4.84. The van der Waals surface area contributed by atoms with E-state index in [1.807, 2.05) is 18.5 Å². The van der Waals surface area contributed by atoms with Gasteiger partial charge in [-0.05, 0) is 26.3 Å². The van der Waals surface area contributed by atoms with Gasteiger partial charge < -0.3 is 10.3 Å².